The number of alkyl carbamates (subject to hydrolysis) is 1. The lowest BCUT2D eigenvalue weighted by Crippen LogP contribution is -2.46. The number of nitrogens with one attached hydrogen (secondary N) is 1. The summed E-state index contributed by atoms with van der Waals surface area (Å²) in [5.74, 6) is -2.40. The van der Waals surface area contributed by atoms with Gasteiger partial charge in [-0.15, -0.1) is 0 Å². The summed E-state index contributed by atoms with van der Waals surface area (Å²) in [6.07, 6.45) is 2.19. The zero-order chi connectivity index (χ0) is 20.1. The Morgan fingerprint density at radius 3 is 2.35 bits per heavy atom. The molecule has 1 aliphatic rings. The third kappa shape index (κ3) is 5.90. The fourth-order valence-electron chi connectivity index (χ4n) is 3.49. The molecule has 1 aliphatic carbocycles. The summed E-state index contributed by atoms with van der Waals surface area (Å²) in [6, 6.07) is 0. The molecule has 0 radical (unpaired) electrons. The highest BCUT2D eigenvalue weighted by Crippen LogP contribution is 2.45. The van der Waals surface area contributed by atoms with Gasteiger partial charge in [-0.05, 0) is 65.0 Å². The Bertz CT molecular complexity index is 595. The molecule has 0 heterocycles. The van der Waals surface area contributed by atoms with Crippen LogP contribution in [0.4, 0.5) is 13.6 Å². The number of aliphatic hydroxyl groups excluding tert-OH is 1. The van der Waals surface area contributed by atoms with Gasteiger partial charge in [0.2, 0.25) is 0 Å². The first-order valence-corrected chi connectivity index (χ1v) is 8.69. The molecule has 0 aromatic carbocycles. The number of aliphatic hydroxyl groups is 1. The quantitative estimate of drug-likeness (QED) is 0.697. The van der Waals surface area contributed by atoms with Crippen molar-refractivity contribution in [3.05, 3.63) is 23.6 Å². The normalized spacial score (nSPS) is 27.4. The number of alkyl halides is 1. The second-order valence-corrected chi connectivity index (χ2v) is 7.88. The lowest BCUT2D eigenvalue weighted by atomic mass is 9.85. The van der Waals surface area contributed by atoms with Crippen LogP contribution in [0.15, 0.2) is 23.6 Å². The minimum Gasteiger partial charge on any atom is -0.444 e. The van der Waals surface area contributed by atoms with Gasteiger partial charge in [0, 0.05) is 11.5 Å². The molecular weight excluding hydrogens is 344 g/mol. The number of halogens is 2. The van der Waals surface area contributed by atoms with Gasteiger partial charge in [-0.25, -0.2) is 13.6 Å². The van der Waals surface area contributed by atoms with Crippen molar-refractivity contribution in [2.45, 2.75) is 58.6 Å². The van der Waals surface area contributed by atoms with E-state index in [1.807, 2.05) is 0 Å². The molecular formula is C19H29F2NO4. The van der Waals surface area contributed by atoms with Crippen molar-refractivity contribution in [2.24, 2.45) is 11.8 Å². The molecule has 148 valence electrons. The fourth-order valence-corrected chi connectivity index (χ4v) is 3.49. The molecule has 0 spiro atoms. The molecule has 7 heteroatoms. The number of carbonyl (C=O) groups excluding carboxylic acids is 2. The van der Waals surface area contributed by atoms with E-state index in [1.54, 1.807) is 34.6 Å². The van der Waals surface area contributed by atoms with Crippen molar-refractivity contribution in [3.8, 4) is 0 Å². The number of allylic oxidation sites excluding steroid dienone is 4. The number of ketones is 1. The molecule has 26 heavy (non-hydrogen) atoms. The Morgan fingerprint density at radius 2 is 1.88 bits per heavy atom. The highest BCUT2D eigenvalue weighted by molar-refractivity contribution is 5.83. The lowest BCUT2D eigenvalue weighted by molar-refractivity contribution is -0.126. The van der Waals surface area contributed by atoms with Crippen LogP contribution in [0.25, 0.3) is 0 Å². The highest BCUT2D eigenvalue weighted by atomic mass is 19.1. The van der Waals surface area contributed by atoms with E-state index in [9.17, 15) is 23.5 Å². The van der Waals surface area contributed by atoms with Crippen LogP contribution in [0, 0.1) is 11.8 Å². The van der Waals surface area contributed by atoms with Crippen LogP contribution in [0.2, 0.25) is 0 Å². The summed E-state index contributed by atoms with van der Waals surface area (Å²) in [4.78, 5) is 24.3. The van der Waals surface area contributed by atoms with Crippen LogP contribution in [0.3, 0.4) is 0 Å². The standard InChI is InChI=1S/C19H29F2NO4/c1-6-12(15(21)7-8-20)13-9-19(5,10-14(13)16(24)11-23)22-17(25)26-18(2,3)4/h6-7,13-14,23H,8-11H2,1-5H3,(H,22,25). The third-order valence-corrected chi connectivity index (χ3v) is 4.44. The van der Waals surface area contributed by atoms with E-state index in [0.717, 1.165) is 6.08 Å². The van der Waals surface area contributed by atoms with Gasteiger partial charge < -0.3 is 15.2 Å². The van der Waals surface area contributed by atoms with Crippen LogP contribution in [-0.4, -0.2) is 41.4 Å². The Kier molecular flexibility index (Phi) is 7.50. The number of amides is 1. The Labute approximate surface area is 153 Å². The summed E-state index contributed by atoms with van der Waals surface area (Å²) >= 11 is 0. The zero-order valence-electron chi connectivity index (χ0n) is 16.1. The minimum absolute atomic E-state index is 0.212. The van der Waals surface area contributed by atoms with E-state index in [-0.39, 0.29) is 18.4 Å². The highest BCUT2D eigenvalue weighted by Gasteiger charge is 2.48. The van der Waals surface area contributed by atoms with Gasteiger partial charge in [0.25, 0.3) is 0 Å². The average molecular weight is 373 g/mol. The SMILES string of the molecule is CC=C(C(F)=CCF)C1CC(C)(NC(=O)OC(C)(C)C)CC1C(=O)CO. The van der Waals surface area contributed by atoms with E-state index in [1.165, 1.54) is 6.08 Å². The number of carbonyl (C=O) groups is 2. The molecule has 3 unspecified atom stereocenters. The van der Waals surface area contributed by atoms with Crippen LogP contribution in [0.5, 0.6) is 0 Å². The van der Waals surface area contributed by atoms with E-state index < -0.39 is 54.0 Å². The maximum absolute atomic E-state index is 14.3. The van der Waals surface area contributed by atoms with E-state index in [4.69, 9.17) is 4.74 Å². The molecule has 5 nitrogen and oxygen atoms in total. The number of hydrogen-bond acceptors (Lipinski definition) is 4. The predicted octanol–water partition coefficient (Wildman–Crippen LogP) is 3.63. The molecule has 0 bridgehead atoms. The fraction of sp³-hybridized carbons (Fsp3) is 0.684. The van der Waals surface area contributed by atoms with Gasteiger partial charge in [-0.3, -0.25) is 4.79 Å². The first-order chi connectivity index (χ1) is 12.0. The molecule has 1 rings (SSSR count). The van der Waals surface area contributed by atoms with Gasteiger partial charge in [0.15, 0.2) is 5.78 Å². The van der Waals surface area contributed by atoms with Crippen LogP contribution in [0.1, 0.15) is 47.5 Å². The van der Waals surface area contributed by atoms with Crippen molar-refractivity contribution < 1.29 is 28.2 Å². The molecule has 0 aliphatic heterocycles. The first-order valence-electron chi connectivity index (χ1n) is 8.69. The van der Waals surface area contributed by atoms with Crippen molar-refractivity contribution >= 4 is 11.9 Å². The topological polar surface area (TPSA) is 75.6 Å². The van der Waals surface area contributed by atoms with Crippen molar-refractivity contribution in [1.29, 1.82) is 0 Å². The molecule has 0 saturated heterocycles. The molecule has 1 saturated carbocycles. The van der Waals surface area contributed by atoms with Crippen LogP contribution < -0.4 is 5.32 Å². The minimum atomic E-state index is -0.956. The second kappa shape index (κ2) is 8.75. The monoisotopic (exact) mass is 373 g/mol. The molecule has 1 fully saturated rings. The van der Waals surface area contributed by atoms with Crippen LogP contribution >= 0.6 is 0 Å². The molecule has 2 N–H and O–H groups in total. The number of rotatable bonds is 6. The summed E-state index contributed by atoms with van der Waals surface area (Å²) in [5, 5.41) is 12.0. The maximum Gasteiger partial charge on any atom is 0.408 e. The zero-order valence-corrected chi connectivity index (χ0v) is 16.1. The van der Waals surface area contributed by atoms with E-state index in [0.29, 0.717) is 0 Å². The Hall–Kier alpha value is -1.76. The summed E-state index contributed by atoms with van der Waals surface area (Å²) < 4.78 is 32.0. The Balaban J connectivity index is 3.09. The molecule has 0 aromatic heterocycles. The predicted molar refractivity (Wildman–Crippen MR) is 95.0 cm³/mol. The number of ether oxygens (including phenoxy) is 1. The Morgan fingerprint density at radius 1 is 1.31 bits per heavy atom. The first kappa shape index (κ1) is 22.3. The summed E-state index contributed by atoms with van der Waals surface area (Å²) in [5.41, 5.74) is -1.28. The van der Waals surface area contributed by atoms with Gasteiger partial charge in [-0.1, -0.05) is 6.08 Å². The van der Waals surface area contributed by atoms with Gasteiger partial charge in [-0.2, -0.15) is 0 Å². The number of Topliss-reactive ketones (excluding diaryl/α,β-unsaturated/α-hetero) is 1. The molecule has 1 amide bonds. The largest absolute Gasteiger partial charge is 0.444 e. The third-order valence-electron chi connectivity index (χ3n) is 4.44. The van der Waals surface area contributed by atoms with Gasteiger partial charge >= 0.3 is 6.09 Å². The smallest absolute Gasteiger partial charge is 0.408 e. The summed E-state index contributed by atoms with van der Waals surface area (Å²) in [7, 11) is 0. The van der Waals surface area contributed by atoms with E-state index >= 15 is 0 Å². The van der Waals surface area contributed by atoms with E-state index in [2.05, 4.69) is 5.32 Å². The average Bonchev–Trinajstić information content (AvgIpc) is 2.82. The van der Waals surface area contributed by atoms with Crippen molar-refractivity contribution in [1.82, 2.24) is 5.32 Å². The molecule has 3 atom stereocenters. The van der Waals surface area contributed by atoms with Gasteiger partial charge in [0.05, 0.1) is 0 Å². The maximum atomic E-state index is 14.3. The summed E-state index contributed by atoms with van der Waals surface area (Å²) in [6.45, 7) is 6.94. The van der Waals surface area contributed by atoms with Crippen molar-refractivity contribution in [2.75, 3.05) is 13.3 Å². The van der Waals surface area contributed by atoms with Crippen LogP contribution in [-0.2, 0) is 9.53 Å². The molecule has 0 aromatic rings. The lowest BCUT2D eigenvalue weighted by Gasteiger charge is -2.28. The van der Waals surface area contributed by atoms with Crippen molar-refractivity contribution in [3.63, 3.8) is 0 Å². The number of hydrogen-bond donors (Lipinski definition) is 2. The second-order valence-electron chi connectivity index (χ2n) is 7.88. The van der Waals surface area contributed by atoms with Gasteiger partial charge in [0.1, 0.15) is 24.7 Å².